The van der Waals surface area contributed by atoms with E-state index in [0.29, 0.717) is 25.2 Å². The lowest BCUT2D eigenvalue weighted by Crippen LogP contribution is -2.44. The average molecular weight is 397 g/mol. The quantitative estimate of drug-likeness (QED) is 0.778. The minimum absolute atomic E-state index is 0.0570. The van der Waals surface area contributed by atoms with E-state index in [1.165, 1.54) is 0 Å². The lowest BCUT2D eigenvalue weighted by atomic mass is 9.88. The monoisotopic (exact) mass is 396 g/mol. The third-order valence-electron chi connectivity index (χ3n) is 5.73. The number of fused-ring (bicyclic) bond motifs is 1. The number of amides is 2. The van der Waals surface area contributed by atoms with Crippen LogP contribution in [0.5, 0.6) is 0 Å². The Morgan fingerprint density at radius 3 is 2.56 bits per heavy atom. The van der Waals surface area contributed by atoms with Crippen molar-refractivity contribution in [3.05, 3.63) is 23.5 Å². The molecule has 9 heteroatoms. The van der Waals surface area contributed by atoms with Crippen molar-refractivity contribution >= 4 is 21.8 Å². The van der Waals surface area contributed by atoms with E-state index in [4.69, 9.17) is 0 Å². The van der Waals surface area contributed by atoms with Crippen molar-refractivity contribution in [2.45, 2.75) is 38.9 Å². The van der Waals surface area contributed by atoms with E-state index >= 15 is 0 Å². The molecule has 150 valence electrons. The van der Waals surface area contributed by atoms with Gasteiger partial charge in [-0.05, 0) is 31.5 Å². The van der Waals surface area contributed by atoms with Crippen LogP contribution >= 0.6 is 0 Å². The van der Waals surface area contributed by atoms with Crippen LogP contribution in [0.15, 0.2) is 12.1 Å². The predicted octanol–water partition coefficient (Wildman–Crippen LogP) is 0.402. The lowest BCUT2D eigenvalue weighted by Gasteiger charge is -2.29. The molecule has 0 aliphatic carbocycles. The molecule has 2 amide bonds. The fourth-order valence-electron chi connectivity index (χ4n) is 4.54. The molecule has 2 aliphatic heterocycles. The van der Waals surface area contributed by atoms with Crippen molar-refractivity contribution < 1.29 is 18.0 Å². The van der Waals surface area contributed by atoms with Crippen LogP contribution in [0, 0.1) is 11.8 Å². The van der Waals surface area contributed by atoms with E-state index in [-0.39, 0.29) is 17.7 Å². The summed E-state index contributed by atoms with van der Waals surface area (Å²) in [5.41, 5.74) is 1.53. The number of likely N-dealkylation sites (tertiary alicyclic amines) is 1. The molecule has 0 saturated carbocycles. The minimum atomic E-state index is -3.67. The molecule has 3 rings (SSSR count). The molecule has 2 aliphatic rings. The summed E-state index contributed by atoms with van der Waals surface area (Å²) in [4.78, 5) is 27.8. The lowest BCUT2D eigenvalue weighted by molar-refractivity contribution is -0.129. The van der Waals surface area contributed by atoms with Gasteiger partial charge in [0.25, 0.3) is 5.91 Å². The summed E-state index contributed by atoms with van der Waals surface area (Å²) >= 11 is 0. The number of aromatic nitrogens is 1. The van der Waals surface area contributed by atoms with Crippen molar-refractivity contribution in [3.63, 3.8) is 0 Å². The van der Waals surface area contributed by atoms with Gasteiger partial charge in [-0.1, -0.05) is 13.8 Å². The van der Waals surface area contributed by atoms with E-state index < -0.39 is 28.0 Å². The van der Waals surface area contributed by atoms with Crippen molar-refractivity contribution in [1.82, 2.24) is 19.1 Å². The van der Waals surface area contributed by atoms with Gasteiger partial charge in [0.05, 0.1) is 24.3 Å². The van der Waals surface area contributed by atoms with Crippen LogP contribution in [0.1, 0.15) is 36.5 Å². The first-order valence-corrected chi connectivity index (χ1v) is 11.1. The van der Waals surface area contributed by atoms with Gasteiger partial charge in [0.2, 0.25) is 15.9 Å². The maximum absolute atomic E-state index is 13.3. The van der Waals surface area contributed by atoms with Crippen molar-refractivity contribution in [1.29, 1.82) is 0 Å². The predicted molar refractivity (Wildman–Crippen MR) is 101 cm³/mol. The highest BCUT2D eigenvalue weighted by Crippen LogP contribution is 2.41. The molecule has 1 N–H and O–H groups in total. The van der Waals surface area contributed by atoms with Gasteiger partial charge in [0, 0.05) is 25.8 Å². The molecule has 27 heavy (non-hydrogen) atoms. The zero-order valence-electron chi connectivity index (χ0n) is 16.5. The normalized spacial score (nSPS) is 25.6. The number of carbonyl (C=O) groups is 2. The van der Waals surface area contributed by atoms with Gasteiger partial charge in [-0.2, -0.15) is 0 Å². The van der Waals surface area contributed by atoms with Gasteiger partial charge in [-0.25, -0.2) is 12.7 Å². The number of rotatable bonds is 5. The zero-order valence-corrected chi connectivity index (χ0v) is 17.3. The van der Waals surface area contributed by atoms with Gasteiger partial charge < -0.3 is 14.8 Å². The Bertz CT molecular complexity index is 861. The van der Waals surface area contributed by atoms with Crippen molar-refractivity contribution in [3.8, 4) is 0 Å². The number of nitrogens with zero attached hydrogens (tertiary/aromatic N) is 3. The third kappa shape index (κ3) is 3.16. The Kier molecular flexibility index (Phi) is 5.11. The van der Waals surface area contributed by atoms with E-state index in [2.05, 4.69) is 5.32 Å². The van der Waals surface area contributed by atoms with Gasteiger partial charge in [-0.15, -0.1) is 0 Å². The number of hydrogen-bond acceptors (Lipinski definition) is 5. The van der Waals surface area contributed by atoms with Gasteiger partial charge >= 0.3 is 0 Å². The molecule has 0 spiro atoms. The second-order valence-electron chi connectivity index (χ2n) is 7.81. The Labute approximate surface area is 160 Å². The van der Waals surface area contributed by atoms with Gasteiger partial charge in [0.1, 0.15) is 5.69 Å². The Morgan fingerprint density at radius 1 is 1.33 bits per heavy atom. The fraction of sp³-hybridized carbons (Fsp3) is 0.667. The van der Waals surface area contributed by atoms with Crippen LogP contribution in [0.4, 0.5) is 0 Å². The maximum atomic E-state index is 13.3. The second-order valence-corrected chi connectivity index (χ2v) is 9.67. The molecular weight excluding hydrogens is 368 g/mol. The van der Waals surface area contributed by atoms with E-state index in [1.807, 2.05) is 38.6 Å². The van der Waals surface area contributed by atoms with Crippen LogP contribution in [0.3, 0.4) is 0 Å². The summed E-state index contributed by atoms with van der Waals surface area (Å²) in [6.45, 7) is 4.90. The van der Waals surface area contributed by atoms with E-state index in [1.54, 1.807) is 11.0 Å². The summed E-state index contributed by atoms with van der Waals surface area (Å²) in [5.74, 6) is -1.10. The van der Waals surface area contributed by atoms with Crippen LogP contribution in [-0.4, -0.2) is 65.9 Å². The smallest absolute Gasteiger partial charge is 0.270 e. The molecule has 3 heterocycles. The summed E-state index contributed by atoms with van der Waals surface area (Å²) in [7, 11) is 0.0220. The standard InChI is InChI=1S/C18H28N4O4S/c1-11(2)15-16-13(22(18(15)24)27(5,25)26)8-9-21(16)17(23)14-7-6-12(10-19-3)20(14)4/h6-7,11,13,15-16,19H,8-10H2,1-5H3/t13-,15+,16-/m1/s1. The van der Waals surface area contributed by atoms with Gasteiger partial charge in [0.15, 0.2) is 0 Å². The summed E-state index contributed by atoms with van der Waals surface area (Å²) in [6, 6.07) is 2.81. The summed E-state index contributed by atoms with van der Waals surface area (Å²) < 4.78 is 27.3. The van der Waals surface area contributed by atoms with Gasteiger partial charge in [-0.3, -0.25) is 9.59 Å². The molecule has 0 radical (unpaired) electrons. The molecule has 8 nitrogen and oxygen atoms in total. The Morgan fingerprint density at radius 2 is 2.00 bits per heavy atom. The molecule has 1 aromatic rings. The van der Waals surface area contributed by atoms with Crippen LogP contribution in [0.25, 0.3) is 0 Å². The van der Waals surface area contributed by atoms with E-state index in [9.17, 15) is 18.0 Å². The summed E-state index contributed by atoms with van der Waals surface area (Å²) in [6.07, 6.45) is 1.54. The van der Waals surface area contributed by atoms with Crippen LogP contribution in [-0.2, 0) is 28.4 Å². The number of hydrogen-bond donors (Lipinski definition) is 1. The number of nitrogens with one attached hydrogen (secondary N) is 1. The Hall–Kier alpha value is -1.87. The molecule has 0 bridgehead atoms. The average Bonchev–Trinajstić information content (AvgIpc) is 3.19. The van der Waals surface area contributed by atoms with Crippen LogP contribution < -0.4 is 5.32 Å². The molecular formula is C18H28N4O4S. The van der Waals surface area contributed by atoms with E-state index in [0.717, 1.165) is 16.3 Å². The molecule has 2 saturated heterocycles. The first-order valence-electron chi connectivity index (χ1n) is 9.23. The third-order valence-corrected chi connectivity index (χ3v) is 6.90. The topological polar surface area (TPSA) is 91.7 Å². The minimum Gasteiger partial charge on any atom is -0.342 e. The number of carbonyl (C=O) groups excluding carboxylic acids is 2. The first kappa shape index (κ1) is 19.9. The molecule has 0 aromatic carbocycles. The second kappa shape index (κ2) is 6.94. The molecule has 3 atom stereocenters. The summed E-state index contributed by atoms with van der Waals surface area (Å²) in [5, 5.41) is 3.07. The molecule has 0 unspecified atom stereocenters. The zero-order chi connectivity index (χ0) is 20.1. The van der Waals surface area contributed by atoms with Crippen LogP contribution in [0.2, 0.25) is 0 Å². The fourth-order valence-corrected chi connectivity index (χ4v) is 5.71. The highest BCUT2D eigenvalue weighted by atomic mass is 32.2. The molecule has 1 aromatic heterocycles. The SMILES string of the molecule is CNCc1ccc(C(=O)N2CC[C@@H]3[C@@H]2[C@H](C(C)C)C(=O)N3S(C)(=O)=O)n1C. The maximum Gasteiger partial charge on any atom is 0.270 e. The van der Waals surface area contributed by atoms with Crippen molar-refractivity contribution in [2.75, 3.05) is 19.8 Å². The highest BCUT2D eigenvalue weighted by molar-refractivity contribution is 7.88. The highest BCUT2D eigenvalue weighted by Gasteiger charge is 2.58. The number of sulfonamides is 1. The molecule has 2 fully saturated rings. The first-order chi connectivity index (χ1) is 12.6. The largest absolute Gasteiger partial charge is 0.342 e. The van der Waals surface area contributed by atoms with Crippen molar-refractivity contribution in [2.24, 2.45) is 18.9 Å². The Balaban J connectivity index is 1.97.